The molecule has 6 nitrogen and oxygen atoms in total. The first kappa shape index (κ1) is 12.2. The van der Waals surface area contributed by atoms with Crippen LogP contribution in [0.3, 0.4) is 0 Å². The van der Waals surface area contributed by atoms with Crippen molar-refractivity contribution in [3.8, 4) is 5.95 Å². The molecule has 2 aromatic heterocycles. The molecule has 0 atom stereocenters. The van der Waals surface area contributed by atoms with E-state index in [9.17, 15) is 4.79 Å². The molecule has 0 aliphatic rings. The molecule has 0 bridgehead atoms. The molecule has 2 rings (SSSR count). The summed E-state index contributed by atoms with van der Waals surface area (Å²) in [5.74, 6) is 0.471. The van der Waals surface area contributed by atoms with Gasteiger partial charge in [-0.05, 0) is 12.5 Å². The van der Waals surface area contributed by atoms with Gasteiger partial charge in [0.2, 0.25) is 5.91 Å². The monoisotopic (exact) mass is 245 g/mol. The van der Waals surface area contributed by atoms with Gasteiger partial charge in [0.25, 0.3) is 5.95 Å². The Bertz CT molecular complexity index is 492. The number of nitrogens with one attached hydrogen (secondary N) is 1. The number of anilines is 1. The quantitative estimate of drug-likeness (QED) is 0.871. The van der Waals surface area contributed by atoms with Crippen LogP contribution in [0, 0.1) is 0 Å². The molecular weight excluding hydrogens is 230 g/mol. The normalized spacial score (nSPS) is 10.3. The third-order valence-electron chi connectivity index (χ3n) is 2.39. The highest BCUT2D eigenvalue weighted by Crippen LogP contribution is 2.06. The van der Waals surface area contributed by atoms with E-state index < -0.39 is 0 Å². The SMILES string of the molecule is CCCCC(=O)Nc1cnc(-n2cccn2)nc1. The summed E-state index contributed by atoms with van der Waals surface area (Å²) in [5, 5.41) is 6.78. The van der Waals surface area contributed by atoms with Crippen LogP contribution in [0.4, 0.5) is 5.69 Å². The van der Waals surface area contributed by atoms with Crippen LogP contribution in [0.2, 0.25) is 0 Å². The fourth-order valence-corrected chi connectivity index (χ4v) is 1.45. The molecule has 2 aromatic rings. The molecule has 6 heteroatoms. The summed E-state index contributed by atoms with van der Waals surface area (Å²) >= 11 is 0. The molecule has 2 heterocycles. The van der Waals surface area contributed by atoms with Crippen molar-refractivity contribution < 1.29 is 4.79 Å². The molecular formula is C12H15N5O. The van der Waals surface area contributed by atoms with E-state index in [1.165, 1.54) is 0 Å². The van der Waals surface area contributed by atoms with Crippen molar-refractivity contribution in [2.45, 2.75) is 26.2 Å². The first-order valence-electron chi connectivity index (χ1n) is 5.91. The first-order chi connectivity index (χ1) is 8.79. The van der Waals surface area contributed by atoms with Crippen LogP contribution < -0.4 is 5.32 Å². The van der Waals surface area contributed by atoms with Gasteiger partial charge in [-0.1, -0.05) is 13.3 Å². The van der Waals surface area contributed by atoms with E-state index in [4.69, 9.17) is 0 Å². The van der Waals surface area contributed by atoms with Gasteiger partial charge in [-0.15, -0.1) is 0 Å². The molecule has 0 aromatic carbocycles. The number of unbranched alkanes of at least 4 members (excludes halogenated alkanes) is 1. The number of carbonyl (C=O) groups is 1. The minimum atomic E-state index is -0.00714. The maximum Gasteiger partial charge on any atom is 0.250 e. The van der Waals surface area contributed by atoms with Crippen molar-refractivity contribution in [1.29, 1.82) is 0 Å². The van der Waals surface area contributed by atoms with E-state index in [0.717, 1.165) is 12.8 Å². The number of carbonyl (C=O) groups excluding carboxylic acids is 1. The van der Waals surface area contributed by atoms with Crippen LogP contribution >= 0.6 is 0 Å². The van der Waals surface area contributed by atoms with Crippen molar-refractivity contribution >= 4 is 11.6 Å². The average Bonchev–Trinajstić information content (AvgIpc) is 2.91. The van der Waals surface area contributed by atoms with Crippen molar-refractivity contribution in [1.82, 2.24) is 19.7 Å². The summed E-state index contributed by atoms with van der Waals surface area (Å²) < 4.78 is 1.56. The van der Waals surface area contributed by atoms with Gasteiger partial charge in [0.15, 0.2) is 0 Å². The number of rotatable bonds is 5. The number of nitrogens with zero attached hydrogens (tertiary/aromatic N) is 4. The van der Waals surface area contributed by atoms with Crippen molar-refractivity contribution in [3.05, 3.63) is 30.9 Å². The van der Waals surface area contributed by atoms with Crippen molar-refractivity contribution in [2.24, 2.45) is 0 Å². The smallest absolute Gasteiger partial charge is 0.250 e. The fraction of sp³-hybridized carbons (Fsp3) is 0.333. The molecule has 1 N–H and O–H groups in total. The predicted molar refractivity (Wildman–Crippen MR) is 67.3 cm³/mol. The van der Waals surface area contributed by atoms with Crippen LogP contribution in [0.25, 0.3) is 5.95 Å². The summed E-state index contributed by atoms with van der Waals surface area (Å²) in [6.45, 7) is 2.05. The van der Waals surface area contributed by atoms with Gasteiger partial charge in [0.1, 0.15) is 0 Å². The summed E-state index contributed by atoms with van der Waals surface area (Å²) in [6.07, 6.45) is 8.98. The molecule has 0 spiro atoms. The molecule has 0 saturated heterocycles. The van der Waals surface area contributed by atoms with Gasteiger partial charge in [0, 0.05) is 18.8 Å². The Balaban J connectivity index is 1.98. The van der Waals surface area contributed by atoms with E-state index in [1.54, 1.807) is 35.5 Å². The van der Waals surface area contributed by atoms with Crippen LogP contribution in [-0.2, 0) is 4.79 Å². The second-order valence-electron chi connectivity index (χ2n) is 3.87. The zero-order chi connectivity index (χ0) is 12.8. The number of hydrogen-bond acceptors (Lipinski definition) is 4. The Labute approximate surface area is 105 Å². The highest BCUT2D eigenvalue weighted by molar-refractivity contribution is 5.90. The molecule has 0 saturated carbocycles. The second kappa shape index (κ2) is 5.90. The summed E-state index contributed by atoms with van der Waals surface area (Å²) in [5.41, 5.74) is 0.604. The Kier molecular flexibility index (Phi) is 4.01. The van der Waals surface area contributed by atoms with Crippen LogP contribution in [0.1, 0.15) is 26.2 Å². The fourth-order valence-electron chi connectivity index (χ4n) is 1.45. The van der Waals surface area contributed by atoms with Gasteiger partial charge in [0.05, 0.1) is 18.1 Å². The third-order valence-corrected chi connectivity index (χ3v) is 2.39. The summed E-state index contributed by atoms with van der Waals surface area (Å²) in [7, 11) is 0. The maximum atomic E-state index is 11.5. The first-order valence-corrected chi connectivity index (χ1v) is 5.91. The molecule has 0 radical (unpaired) electrons. The lowest BCUT2D eigenvalue weighted by Crippen LogP contribution is -2.12. The van der Waals surface area contributed by atoms with Gasteiger partial charge in [-0.25, -0.2) is 14.6 Å². The Hall–Kier alpha value is -2.24. The lowest BCUT2D eigenvalue weighted by Gasteiger charge is -2.04. The summed E-state index contributed by atoms with van der Waals surface area (Å²) in [6, 6.07) is 1.80. The number of hydrogen-bond donors (Lipinski definition) is 1. The van der Waals surface area contributed by atoms with Crippen LogP contribution in [-0.4, -0.2) is 25.7 Å². The molecule has 0 aliphatic carbocycles. The molecule has 94 valence electrons. The van der Waals surface area contributed by atoms with Crippen molar-refractivity contribution in [3.63, 3.8) is 0 Å². The van der Waals surface area contributed by atoms with E-state index in [2.05, 4.69) is 27.3 Å². The minimum Gasteiger partial charge on any atom is -0.323 e. The van der Waals surface area contributed by atoms with Crippen LogP contribution in [0.5, 0.6) is 0 Å². The zero-order valence-electron chi connectivity index (χ0n) is 10.2. The van der Waals surface area contributed by atoms with Crippen LogP contribution in [0.15, 0.2) is 30.9 Å². The second-order valence-corrected chi connectivity index (χ2v) is 3.87. The number of amides is 1. The van der Waals surface area contributed by atoms with Gasteiger partial charge in [-0.3, -0.25) is 4.79 Å². The third kappa shape index (κ3) is 3.13. The average molecular weight is 245 g/mol. The predicted octanol–water partition coefficient (Wildman–Crippen LogP) is 1.79. The van der Waals surface area contributed by atoms with E-state index in [0.29, 0.717) is 18.1 Å². The molecule has 18 heavy (non-hydrogen) atoms. The van der Waals surface area contributed by atoms with Gasteiger partial charge in [-0.2, -0.15) is 5.10 Å². The van der Waals surface area contributed by atoms with Gasteiger partial charge >= 0.3 is 0 Å². The molecule has 0 fully saturated rings. The zero-order valence-corrected chi connectivity index (χ0v) is 10.2. The lowest BCUT2D eigenvalue weighted by molar-refractivity contribution is -0.116. The van der Waals surface area contributed by atoms with E-state index in [-0.39, 0.29) is 5.91 Å². The minimum absolute atomic E-state index is 0.00714. The topological polar surface area (TPSA) is 72.7 Å². The largest absolute Gasteiger partial charge is 0.323 e. The summed E-state index contributed by atoms with van der Waals surface area (Å²) in [4.78, 5) is 19.8. The highest BCUT2D eigenvalue weighted by Gasteiger charge is 2.03. The Morgan fingerprint density at radius 1 is 1.39 bits per heavy atom. The maximum absolute atomic E-state index is 11.5. The molecule has 1 amide bonds. The Morgan fingerprint density at radius 2 is 2.17 bits per heavy atom. The highest BCUT2D eigenvalue weighted by atomic mass is 16.1. The Morgan fingerprint density at radius 3 is 2.78 bits per heavy atom. The standard InChI is InChI=1S/C12H15N5O/c1-2-3-5-11(18)16-10-8-13-12(14-9-10)17-7-4-6-15-17/h4,6-9H,2-3,5H2,1H3,(H,16,18). The van der Waals surface area contributed by atoms with E-state index in [1.807, 2.05) is 0 Å². The number of aromatic nitrogens is 4. The van der Waals surface area contributed by atoms with E-state index >= 15 is 0 Å². The molecule has 0 aliphatic heterocycles. The van der Waals surface area contributed by atoms with Crippen molar-refractivity contribution in [2.75, 3.05) is 5.32 Å². The molecule has 0 unspecified atom stereocenters. The lowest BCUT2D eigenvalue weighted by atomic mass is 10.2. The van der Waals surface area contributed by atoms with Gasteiger partial charge < -0.3 is 5.32 Å².